The maximum absolute atomic E-state index is 13.8. The van der Waals surface area contributed by atoms with Crippen molar-refractivity contribution in [1.82, 2.24) is 5.32 Å². The van der Waals surface area contributed by atoms with Gasteiger partial charge in [0.1, 0.15) is 11.6 Å². The van der Waals surface area contributed by atoms with E-state index < -0.39 is 0 Å². The summed E-state index contributed by atoms with van der Waals surface area (Å²) in [5, 5.41) is 3.39. The SMILES string of the molecule is COc1c(C)cc(F)c(Br)c1CC1CCCNC1. The molecule has 2 nitrogen and oxygen atoms in total. The van der Waals surface area contributed by atoms with Crippen LogP contribution in [0.1, 0.15) is 24.0 Å². The van der Waals surface area contributed by atoms with Crippen molar-refractivity contribution in [2.45, 2.75) is 26.2 Å². The highest BCUT2D eigenvalue weighted by atomic mass is 79.9. The summed E-state index contributed by atoms with van der Waals surface area (Å²) in [5.41, 5.74) is 1.82. The molecule has 0 saturated carbocycles. The van der Waals surface area contributed by atoms with E-state index in [0.29, 0.717) is 10.4 Å². The molecule has 1 N–H and O–H groups in total. The van der Waals surface area contributed by atoms with Crippen LogP contribution >= 0.6 is 15.9 Å². The van der Waals surface area contributed by atoms with Crippen LogP contribution in [0.4, 0.5) is 4.39 Å². The number of hydrogen-bond donors (Lipinski definition) is 1. The molecule has 4 heteroatoms. The molecule has 1 aliphatic heterocycles. The summed E-state index contributed by atoms with van der Waals surface area (Å²) in [6.07, 6.45) is 3.24. The molecule has 0 amide bonds. The summed E-state index contributed by atoms with van der Waals surface area (Å²) in [7, 11) is 1.65. The zero-order valence-corrected chi connectivity index (χ0v) is 12.4. The number of benzene rings is 1. The predicted molar refractivity (Wildman–Crippen MR) is 74.7 cm³/mol. The molecule has 2 rings (SSSR count). The maximum Gasteiger partial charge on any atom is 0.138 e. The molecule has 0 radical (unpaired) electrons. The molecule has 1 atom stereocenters. The van der Waals surface area contributed by atoms with Crippen molar-refractivity contribution < 1.29 is 9.13 Å². The fourth-order valence-corrected chi connectivity index (χ4v) is 3.11. The van der Waals surface area contributed by atoms with E-state index in [1.807, 2.05) is 6.92 Å². The van der Waals surface area contributed by atoms with Gasteiger partial charge in [-0.1, -0.05) is 0 Å². The van der Waals surface area contributed by atoms with Gasteiger partial charge >= 0.3 is 0 Å². The molecule has 1 aromatic rings. The van der Waals surface area contributed by atoms with Crippen molar-refractivity contribution in [3.05, 3.63) is 27.5 Å². The molecule has 18 heavy (non-hydrogen) atoms. The second-order valence-corrected chi connectivity index (χ2v) is 5.71. The summed E-state index contributed by atoms with van der Waals surface area (Å²) in [4.78, 5) is 0. The van der Waals surface area contributed by atoms with Crippen LogP contribution in [-0.4, -0.2) is 20.2 Å². The Hall–Kier alpha value is -0.610. The summed E-state index contributed by atoms with van der Waals surface area (Å²) in [6.45, 7) is 3.99. The molecule has 1 heterocycles. The number of aryl methyl sites for hydroxylation is 1. The number of nitrogens with one attached hydrogen (secondary N) is 1. The van der Waals surface area contributed by atoms with Gasteiger partial charge in [0.05, 0.1) is 11.6 Å². The Labute approximate surface area is 116 Å². The maximum atomic E-state index is 13.8. The average Bonchev–Trinajstić information content (AvgIpc) is 2.37. The zero-order chi connectivity index (χ0) is 13.1. The van der Waals surface area contributed by atoms with Crippen LogP contribution in [-0.2, 0) is 6.42 Å². The Balaban J connectivity index is 2.29. The van der Waals surface area contributed by atoms with Crippen molar-refractivity contribution in [2.24, 2.45) is 5.92 Å². The lowest BCUT2D eigenvalue weighted by Crippen LogP contribution is -2.31. The minimum Gasteiger partial charge on any atom is -0.496 e. The first-order valence-corrected chi connectivity index (χ1v) is 7.15. The molecule has 100 valence electrons. The first kappa shape index (κ1) is 13.8. The summed E-state index contributed by atoms with van der Waals surface area (Å²) in [6, 6.07) is 1.52. The largest absolute Gasteiger partial charge is 0.496 e. The van der Waals surface area contributed by atoms with Gasteiger partial charge in [0.25, 0.3) is 0 Å². The fourth-order valence-electron chi connectivity index (χ4n) is 2.65. The molecule has 1 fully saturated rings. The number of hydrogen-bond acceptors (Lipinski definition) is 2. The van der Waals surface area contributed by atoms with Crippen molar-refractivity contribution >= 4 is 15.9 Å². The smallest absolute Gasteiger partial charge is 0.138 e. The van der Waals surface area contributed by atoms with Crippen molar-refractivity contribution in [3.8, 4) is 5.75 Å². The standard InChI is InChI=1S/C14H19BrFNO/c1-9-6-12(16)13(15)11(14(9)18-2)7-10-4-3-5-17-8-10/h6,10,17H,3-5,7-8H2,1-2H3. The minimum atomic E-state index is -0.202. The van der Waals surface area contributed by atoms with Gasteiger partial charge in [0, 0.05) is 5.56 Å². The Bertz CT molecular complexity index is 430. The third-order valence-electron chi connectivity index (χ3n) is 3.55. The summed E-state index contributed by atoms with van der Waals surface area (Å²) >= 11 is 3.36. The van der Waals surface area contributed by atoms with E-state index in [1.54, 1.807) is 7.11 Å². The van der Waals surface area contributed by atoms with E-state index in [4.69, 9.17) is 4.74 Å². The second-order valence-electron chi connectivity index (χ2n) is 4.92. The Kier molecular flexibility index (Phi) is 4.62. The molecule has 1 aliphatic rings. The van der Waals surface area contributed by atoms with Crippen LogP contribution in [0.5, 0.6) is 5.75 Å². The van der Waals surface area contributed by atoms with Gasteiger partial charge in [0.2, 0.25) is 0 Å². The van der Waals surface area contributed by atoms with E-state index in [9.17, 15) is 4.39 Å². The van der Waals surface area contributed by atoms with Crippen molar-refractivity contribution in [3.63, 3.8) is 0 Å². The van der Waals surface area contributed by atoms with E-state index in [1.165, 1.54) is 18.9 Å². The van der Waals surface area contributed by atoms with Crippen LogP contribution in [0.25, 0.3) is 0 Å². The number of piperidine rings is 1. The summed E-state index contributed by atoms with van der Waals surface area (Å²) < 4.78 is 19.8. The van der Waals surface area contributed by atoms with Gasteiger partial charge in [-0.25, -0.2) is 4.39 Å². The minimum absolute atomic E-state index is 0.202. The lowest BCUT2D eigenvalue weighted by Gasteiger charge is -2.24. The van der Waals surface area contributed by atoms with Crippen LogP contribution in [0, 0.1) is 18.7 Å². The van der Waals surface area contributed by atoms with E-state index in [-0.39, 0.29) is 5.82 Å². The monoisotopic (exact) mass is 315 g/mol. The van der Waals surface area contributed by atoms with Crippen LogP contribution in [0.15, 0.2) is 10.5 Å². The Morgan fingerprint density at radius 2 is 2.33 bits per heavy atom. The van der Waals surface area contributed by atoms with Crippen LogP contribution in [0.2, 0.25) is 0 Å². The normalized spacial score (nSPS) is 19.9. The quantitative estimate of drug-likeness (QED) is 0.922. The third kappa shape index (κ3) is 2.86. The summed E-state index contributed by atoms with van der Waals surface area (Å²) in [5.74, 6) is 1.17. The lowest BCUT2D eigenvalue weighted by atomic mass is 9.91. The highest BCUT2D eigenvalue weighted by Crippen LogP contribution is 2.35. The van der Waals surface area contributed by atoms with E-state index in [0.717, 1.165) is 36.4 Å². The van der Waals surface area contributed by atoms with Gasteiger partial charge in [-0.2, -0.15) is 0 Å². The highest BCUT2D eigenvalue weighted by molar-refractivity contribution is 9.10. The van der Waals surface area contributed by atoms with Gasteiger partial charge in [-0.05, 0) is 72.8 Å². The average molecular weight is 316 g/mol. The van der Waals surface area contributed by atoms with Gasteiger partial charge in [-0.3, -0.25) is 0 Å². The molecule has 0 spiro atoms. The molecule has 1 saturated heterocycles. The van der Waals surface area contributed by atoms with Gasteiger partial charge in [-0.15, -0.1) is 0 Å². The molecule has 0 aromatic heterocycles. The zero-order valence-electron chi connectivity index (χ0n) is 10.9. The van der Waals surface area contributed by atoms with Gasteiger partial charge in [0.15, 0.2) is 0 Å². The Morgan fingerprint density at radius 3 is 2.94 bits per heavy atom. The Morgan fingerprint density at radius 1 is 1.56 bits per heavy atom. The lowest BCUT2D eigenvalue weighted by molar-refractivity contribution is 0.361. The molecule has 1 aromatic carbocycles. The van der Waals surface area contributed by atoms with Crippen LogP contribution < -0.4 is 10.1 Å². The molecule has 1 unspecified atom stereocenters. The van der Waals surface area contributed by atoms with Crippen molar-refractivity contribution in [1.29, 1.82) is 0 Å². The first-order chi connectivity index (χ1) is 8.63. The number of halogens is 2. The molecule has 0 bridgehead atoms. The van der Waals surface area contributed by atoms with Crippen LogP contribution in [0.3, 0.4) is 0 Å². The molecular formula is C14H19BrFNO. The molecular weight excluding hydrogens is 297 g/mol. The second kappa shape index (κ2) is 6.02. The predicted octanol–water partition coefficient (Wildman–Crippen LogP) is 3.45. The van der Waals surface area contributed by atoms with Crippen molar-refractivity contribution in [2.75, 3.05) is 20.2 Å². The topological polar surface area (TPSA) is 21.3 Å². The number of methoxy groups -OCH3 is 1. The van der Waals surface area contributed by atoms with E-state index in [2.05, 4.69) is 21.2 Å². The number of ether oxygens (including phenoxy) is 1. The third-order valence-corrected chi connectivity index (χ3v) is 4.40. The number of rotatable bonds is 3. The van der Waals surface area contributed by atoms with Gasteiger partial charge < -0.3 is 10.1 Å². The van der Waals surface area contributed by atoms with E-state index >= 15 is 0 Å². The highest BCUT2D eigenvalue weighted by Gasteiger charge is 2.20. The molecule has 0 aliphatic carbocycles. The fraction of sp³-hybridized carbons (Fsp3) is 0.571. The first-order valence-electron chi connectivity index (χ1n) is 6.35.